The SMILES string of the molecule is CCC(CC)(c1ccc(OCC(O)C(C)(C)C)c(C)c1)c1cc(C)c(CS(C)(=O)=O)s1. The van der Waals surface area contributed by atoms with Crippen LogP contribution in [0.4, 0.5) is 0 Å². The van der Waals surface area contributed by atoms with Crippen LogP contribution in [0.5, 0.6) is 5.75 Å². The molecule has 0 saturated carbocycles. The molecule has 0 bridgehead atoms. The maximum atomic E-state index is 11.8. The lowest BCUT2D eigenvalue weighted by Gasteiger charge is -2.32. The van der Waals surface area contributed by atoms with Gasteiger partial charge in [0.15, 0.2) is 9.84 Å². The predicted molar refractivity (Wildman–Crippen MR) is 131 cm³/mol. The maximum Gasteiger partial charge on any atom is 0.152 e. The van der Waals surface area contributed by atoms with E-state index in [9.17, 15) is 13.5 Å². The lowest BCUT2D eigenvalue weighted by atomic mass is 9.74. The lowest BCUT2D eigenvalue weighted by molar-refractivity contribution is 0.0216. The van der Waals surface area contributed by atoms with Gasteiger partial charge in [-0.05, 0) is 60.9 Å². The van der Waals surface area contributed by atoms with Crippen molar-refractivity contribution in [3.63, 3.8) is 0 Å². The predicted octanol–water partition coefficient (Wildman–Crippen LogP) is 5.80. The van der Waals surface area contributed by atoms with E-state index in [-0.39, 0.29) is 23.2 Å². The van der Waals surface area contributed by atoms with Gasteiger partial charge in [0.25, 0.3) is 0 Å². The number of thiophene rings is 1. The molecule has 31 heavy (non-hydrogen) atoms. The molecule has 0 aliphatic heterocycles. The lowest BCUT2D eigenvalue weighted by Crippen LogP contribution is -2.32. The zero-order valence-electron chi connectivity index (χ0n) is 20.2. The fourth-order valence-corrected chi connectivity index (χ4v) is 6.72. The number of hydrogen-bond donors (Lipinski definition) is 1. The highest BCUT2D eigenvalue weighted by atomic mass is 32.2. The minimum absolute atomic E-state index is 0.0922. The van der Waals surface area contributed by atoms with E-state index in [1.807, 2.05) is 40.7 Å². The first kappa shape index (κ1) is 25.9. The number of rotatable bonds is 9. The Kier molecular flexibility index (Phi) is 8.05. The summed E-state index contributed by atoms with van der Waals surface area (Å²) in [6, 6.07) is 8.46. The third-order valence-corrected chi connectivity index (χ3v) is 8.65. The molecule has 0 aliphatic carbocycles. The Bertz CT molecular complexity index is 993. The van der Waals surface area contributed by atoms with Gasteiger partial charge in [-0.25, -0.2) is 8.42 Å². The Morgan fingerprint density at radius 3 is 2.16 bits per heavy atom. The number of benzene rings is 1. The quantitative estimate of drug-likeness (QED) is 0.507. The third-order valence-electron chi connectivity index (χ3n) is 6.22. The molecule has 0 saturated heterocycles. The van der Waals surface area contributed by atoms with Crippen LogP contribution in [0, 0.1) is 19.3 Å². The molecule has 174 valence electrons. The minimum Gasteiger partial charge on any atom is -0.491 e. The summed E-state index contributed by atoms with van der Waals surface area (Å²) in [7, 11) is -3.07. The van der Waals surface area contributed by atoms with Gasteiger partial charge >= 0.3 is 0 Å². The van der Waals surface area contributed by atoms with Crippen molar-refractivity contribution in [3.8, 4) is 5.75 Å². The van der Waals surface area contributed by atoms with E-state index in [1.165, 1.54) is 16.7 Å². The molecule has 1 N–H and O–H groups in total. The molecule has 0 amide bonds. The Morgan fingerprint density at radius 1 is 1.06 bits per heavy atom. The first-order valence-corrected chi connectivity index (χ1v) is 13.8. The van der Waals surface area contributed by atoms with Crippen molar-refractivity contribution in [2.24, 2.45) is 5.41 Å². The van der Waals surface area contributed by atoms with E-state index in [0.29, 0.717) is 0 Å². The maximum absolute atomic E-state index is 11.8. The molecule has 0 aliphatic rings. The van der Waals surface area contributed by atoms with Gasteiger partial charge in [-0.2, -0.15) is 0 Å². The highest BCUT2D eigenvalue weighted by Crippen LogP contribution is 2.44. The van der Waals surface area contributed by atoms with Crippen LogP contribution in [0.25, 0.3) is 0 Å². The van der Waals surface area contributed by atoms with Gasteiger partial charge in [-0.1, -0.05) is 46.8 Å². The summed E-state index contributed by atoms with van der Waals surface area (Å²) in [6.07, 6.45) is 2.59. The summed E-state index contributed by atoms with van der Waals surface area (Å²) >= 11 is 1.62. The van der Waals surface area contributed by atoms with Crippen molar-refractivity contribution in [3.05, 3.63) is 50.7 Å². The number of aryl methyl sites for hydroxylation is 2. The zero-order valence-corrected chi connectivity index (χ0v) is 21.8. The van der Waals surface area contributed by atoms with Crippen LogP contribution in [0.3, 0.4) is 0 Å². The second-order valence-electron chi connectivity index (χ2n) is 9.75. The Morgan fingerprint density at radius 2 is 1.68 bits per heavy atom. The highest BCUT2D eigenvalue weighted by Gasteiger charge is 2.33. The van der Waals surface area contributed by atoms with Crippen molar-refractivity contribution < 1.29 is 18.3 Å². The normalized spacial score (nSPS) is 14.0. The zero-order chi connectivity index (χ0) is 23.6. The summed E-state index contributed by atoms with van der Waals surface area (Å²) < 4.78 is 29.6. The number of ether oxygens (including phenoxy) is 1. The van der Waals surface area contributed by atoms with Crippen molar-refractivity contribution in [1.82, 2.24) is 0 Å². The van der Waals surface area contributed by atoms with Crippen molar-refractivity contribution in [2.75, 3.05) is 12.9 Å². The smallest absolute Gasteiger partial charge is 0.152 e. The topological polar surface area (TPSA) is 63.6 Å². The summed E-state index contributed by atoms with van der Waals surface area (Å²) in [5, 5.41) is 10.3. The molecule has 1 aromatic carbocycles. The third kappa shape index (κ3) is 6.11. The van der Waals surface area contributed by atoms with Gasteiger partial charge in [-0.3, -0.25) is 0 Å². The molecule has 0 fully saturated rings. The van der Waals surface area contributed by atoms with E-state index < -0.39 is 15.9 Å². The summed E-state index contributed by atoms with van der Waals surface area (Å²) in [5.41, 5.74) is 2.90. The van der Waals surface area contributed by atoms with Crippen molar-refractivity contribution in [1.29, 1.82) is 0 Å². The fourth-order valence-electron chi connectivity index (χ4n) is 3.81. The number of aliphatic hydroxyl groups is 1. The monoisotopic (exact) mass is 466 g/mol. The molecule has 1 heterocycles. The average Bonchev–Trinajstić information content (AvgIpc) is 3.00. The van der Waals surface area contributed by atoms with Crippen LogP contribution in [0.2, 0.25) is 0 Å². The van der Waals surface area contributed by atoms with E-state index >= 15 is 0 Å². The molecule has 4 nitrogen and oxygen atoms in total. The fraction of sp³-hybridized carbons (Fsp3) is 0.600. The van der Waals surface area contributed by atoms with E-state index in [0.717, 1.165) is 34.6 Å². The highest BCUT2D eigenvalue weighted by molar-refractivity contribution is 7.90. The Hall–Kier alpha value is -1.37. The molecule has 6 heteroatoms. The van der Waals surface area contributed by atoms with Crippen LogP contribution in [0.15, 0.2) is 24.3 Å². The van der Waals surface area contributed by atoms with Crippen LogP contribution in [-0.4, -0.2) is 32.5 Å². The van der Waals surface area contributed by atoms with Gasteiger partial charge in [-0.15, -0.1) is 11.3 Å². The van der Waals surface area contributed by atoms with E-state index in [4.69, 9.17) is 4.74 Å². The summed E-state index contributed by atoms with van der Waals surface area (Å²) in [5.74, 6) is 0.878. The first-order chi connectivity index (χ1) is 14.2. The van der Waals surface area contributed by atoms with Crippen LogP contribution >= 0.6 is 11.3 Å². The average molecular weight is 467 g/mol. The van der Waals surface area contributed by atoms with E-state index in [2.05, 4.69) is 32.0 Å². The Labute approximate surface area is 192 Å². The van der Waals surface area contributed by atoms with Gasteiger partial charge in [0.05, 0.1) is 11.9 Å². The number of aliphatic hydroxyl groups excluding tert-OH is 1. The molecular weight excluding hydrogens is 428 g/mol. The molecular formula is C25H38O4S2. The van der Waals surface area contributed by atoms with E-state index in [1.54, 1.807) is 11.3 Å². The largest absolute Gasteiger partial charge is 0.491 e. The molecule has 1 unspecified atom stereocenters. The summed E-state index contributed by atoms with van der Waals surface area (Å²) in [6.45, 7) is 14.7. The van der Waals surface area contributed by atoms with Crippen molar-refractivity contribution in [2.45, 2.75) is 78.6 Å². The van der Waals surface area contributed by atoms with Gasteiger partial charge in [0, 0.05) is 21.4 Å². The van der Waals surface area contributed by atoms with Crippen LogP contribution in [-0.2, 0) is 21.0 Å². The molecule has 1 aromatic heterocycles. The van der Waals surface area contributed by atoms with Gasteiger partial charge in [0.2, 0.25) is 0 Å². The van der Waals surface area contributed by atoms with Crippen molar-refractivity contribution >= 4 is 21.2 Å². The van der Waals surface area contributed by atoms with Gasteiger partial charge < -0.3 is 9.84 Å². The second kappa shape index (κ2) is 9.63. The van der Waals surface area contributed by atoms with Crippen LogP contribution < -0.4 is 4.74 Å². The first-order valence-electron chi connectivity index (χ1n) is 10.9. The molecule has 2 rings (SSSR count). The molecule has 0 spiro atoms. The number of hydrogen-bond acceptors (Lipinski definition) is 5. The molecule has 2 aromatic rings. The molecule has 0 radical (unpaired) electrons. The molecule has 1 atom stereocenters. The standard InChI is InChI=1S/C25H38O4S2/c1-9-25(10-2,23-14-18(4)21(30-23)16-31(8,27)28)19-11-12-20(17(3)13-19)29-15-22(26)24(5,6)7/h11-14,22,26H,9-10,15-16H2,1-8H3. The minimum atomic E-state index is -3.07. The number of sulfone groups is 1. The van der Waals surface area contributed by atoms with Gasteiger partial charge in [0.1, 0.15) is 12.4 Å². The second-order valence-corrected chi connectivity index (χ2v) is 13.0. The Balaban J connectivity index is 2.39. The van der Waals surface area contributed by atoms with Crippen LogP contribution in [0.1, 0.15) is 73.9 Å². The summed E-state index contributed by atoms with van der Waals surface area (Å²) in [4.78, 5) is 2.14.